The molecule has 1 aromatic carbocycles. The number of nitrogens with one attached hydrogen (secondary N) is 1. The van der Waals surface area contributed by atoms with Crippen LogP contribution in [-0.2, 0) is 9.47 Å². The lowest BCUT2D eigenvalue weighted by atomic mass is 9.87. The van der Waals surface area contributed by atoms with Gasteiger partial charge in [0.2, 0.25) is 0 Å². The minimum Gasteiger partial charge on any atom is -0.465 e. The number of carbonyl (C=O) groups is 2. The molecular formula is C25H41ClN4O5. The van der Waals surface area contributed by atoms with E-state index in [9.17, 15) is 14.7 Å². The number of carbonyl (C=O) groups excluding carboxylic acids is 1. The molecule has 4 atom stereocenters. The van der Waals surface area contributed by atoms with Gasteiger partial charge in [0.15, 0.2) is 0 Å². The first-order chi connectivity index (χ1) is 16.4. The molecule has 0 aromatic heterocycles. The summed E-state index contributed by atoms with van der Waals surface area (Å²) in [5, 5.41) is 12.9. The number of ether oxygens (including phenoxy) is 2. The number of urea groups is 1. The summed E-state index contributed by atoms with van der Waals surface area (Å²) in [6, 6.07) is 7.05. The number of nitrogens with zero attached hydrogens (tertiary/aromatic N) is 2. The molecule has 9 nitrogen and oxygen atoms in total. The summed E-state index contributed by atoms with van der Waals surface area (Å²) in [6.07, 6.45) is 0.219. The van der Waals surface area contributed by atoms with Crippen molar-refractivity contribution in [1.82, 2.24) is 15.1 Å². The van der Waals surface area contributed by atoms with Crippen LogP contribution in [-0.4, -0.2) is 79.7 Å². The lowest BCUT2D eigenvalue weighted by molar-refractivity contribution is -0.101. The summed E-state index contributed by atoms with van der Waals surface area (Å²) in [4.78, 5) is 27.3. The molecule has 2 rings (SSSR count). The average molecular weight is 513 g/mol. The van der Waals surface area contributed by atoms with Crippen molar-refractivity contribution in [3.63, 3.8) is 0 Å². The van der Waals surface area contributed by atoms with E-state index in [-0.39, 0.29) is 23.4 Å². The van der Waals surface area contributed by atoms with Gasteiger partial charge in [0.05, 0.1) is 12.7 Å². The Kier molecular flexibility index (Phi) is 11.1. The first kappa shape index (κ1) is 29.2. The normalized spacial score (nSPS) is 19.1. The minimum absolute atomic E-state index is 0.0214. The standard InChI is InChI=1S/C25H41ClN4O5/c1-17(29(4)24(32)33)35-22(18-8-6-10-20(26)12-18)19-9-7-11-30(15-19)23(31)28-14-21(27)13-25(2,3)16-34-5/h6,8,10,12,17,19,21-22H,7,9,11,13-16,27H2,1-5H3,(H,28,31)(H,32,33)/t17-,19-,21-,22?/m1/s1. The SMILES string of the molecule is COCC(C)(C)C[C@@H](N)CNC(=O)N1CCC[C@@H](C(O[C@H](C)N(C)C(=O)O)c2cccc(Cl)c2)C1. The molecule has 0 aliphatic carbocycles. The molecule has 10 heteroatoms. The fourth-order valence-corrected chi connectivity index (χ4v) is 4.81. The van der Waals surface area contributed by atoms with E-state index in [0.29, 0.717) is 31.3 Å². The van der Waals surface area contributed by atoms with Crippen LogP contribution in [0.5, 0.6) is 0 Å². The highest BCUT2D eigenvalue weighted by molar-refractivity contribution is 6.30. The maximum absolute atomic E-state index is 13.0. The summed E-state index contributed by atoms with van der Waals surface area (Å²) in [7, 11) is 3.14. The number of amides is 3. The number of hydrogen-bond acceptors (Lipinski definition) is 5. The second-order valence-corrected chi connectivity index (χ2v) is 10.6. The number of likely N-dealkylation sites (tertiary alicyclic amines) is 1. The van der Waals surface area contributed by atoms with Crippen LogP contribution >= 0.6 is 11.6 Å². The van der Waals surface area contributed by atoms with Crippen LogP contribution in [0, 0.1) is 11.3 Å². The second kappa shape index (κ2) is 13.3. The van der Waals surface area contributed by atoms with Crippen molar-refractivity contribution in [3.05, 3.63) is 34.9 Å². The smallest absolute Gasteiger partial charge is 0.409 e. The monoisotopic (exact) mass is 512 g/mol. The van der Waals surface area contributed by atoms with E-state index in [2.05, 4.69) is 19.2 Å². The van der Waals surface area contributed by atoms with Crippen LogP contribution < -0.4 is 11.1 Å². The Bertz CT molecular complexity index is 840. The van der Waals surface area contributed by atoms with E-state index in [1.54, 1.807) is 25.0 Å². The van der Waals surface area contributed by atoms with Gasteiger partial charge in [0.1, 0.15) is 6.23 Å². The number of piperidine rings is 1. The lowest BCUT2D eigenvalue weighted by Crippen LogP contribution is -2.50. The van der Waals surface area contributed by atoms with E-state index in [1.165, 1.54) is 7.05 Å². The second-order valence-electron chi connectivity index (χ2n) is 10.2. The number of halogens is 1. The number of benzene rings is 1. The summed E-state index contributed by atoms with van der Waals surface area (Å²) >= 11 is 6.24. The van der Waals surface area contributed by atoms with Gasteiger partial charge < -0.3 is 30.5 Å². The molecule has 3 amide bonds. The fourth-order valence-electron chi connectivity index (χ4n) is 4.61. The van der Waals surface area contributed by atoms with Gasteiger partial charge in [-0.25, -0.2) is 9.59 Å². The number of carboxylic acid groups (broad SMARTS) is 1. The van der Waals surface area contributed by atoms with Gasteiger partial charge in [-0.2, -0.15) is 0 Å². The van der Waals surface area contributed by atoms with Gasteiger partial charge in [0.25, 0.3) is 0 Å². The number of methoxy groups -OCH3 is 1. The fraction of sp³-hybridized carbons (Fsp3) is 0.680. The zero-order valence-electron chi connectivity index (χ0n) is 21.5. The van der Waals surface area contributed by atoms with E-state index >= 15 is 0 Å². The quantitative estimate of drug-likeness (QED) is 0.383. The Morgan fingerprint density at radius 2 is 2.11 bits per heavy atom. The van der Waals surface area contributed by atoms with E-state index in [1.807, 2.05) is 18.2 Å². The molecule has 1 saturated heterocycles. The predicted octanol–water partition coefficient (Wildman–Crippen LogP) is 4.17. The van der Waals surface area contributed by atoms with E-state index in [4.69, 9.17) is 26.8 Å². The largest absolute Gasteiger partial charge is 0.465 e. The van der Waals surface area contributed by atoms with Crippen molar-refractivity contribution in [3.8, 4) is 0 Å². The van der Waals surface area contributed by atoms with Gasteiger partial charge in [-0.1, -0.05) is 37.6 Å². The highest BCUT2D eigenvalue weighted by Crippen LogP contribution is 2.35. The van der Waals surface area contributed by atoms with Crippen molar-refractivity contribution < 1.29 is 24.2 Å². The van der Waals surface area contributed by atoms with Crippen molar-refractivity contribution >= 4 is 23.7 Å². The molecular weight excluding hydrogens is 472 g/mol. The third-order valence-corrected chi connectivity index (χ3v) is 6.64. The van der Waals surface area contributed by atoms with Crippen molar-refractivity contribution in [2.24, 2.45) is 17.1 Å². The topological polar surface area (TPSA) is 117 Å². The molecule has 1 aromatic rings. The summed E-state index contributed by atoms with van der Waals surface area (Å²) in [6.45, 7) is 7.98. The van der Waals surface area contributed by atoms with Crippen LogP contribution in [0.1, 0.15) is 51.7 Å². The maximum atomic E-state index is 13.0. The highest BCUT2D eigenvalue weighted by Gasteiger charge is 2.33. The molecule has 1 heterocycles. The maximum Gasteiger partial charge on any atom is 0.409 e. The predicted molar refractivity (Wildman–Crippen MR) is 136 cm³/mol. The third kappa shape index (κ3) is 9.14. The molecule has 0 bridgehead atoms. The first-order valence-electron chi connectivity index (χ1n) is 12.1. The first-order valence-corrected chi connectivity index (χ1v) is 12.4. The Balaban J connectivity index is 2.07. The van der Waals surface area contributed by atoms with Gasteiger partial charge >= 0.3 is 12.1 Å². The molecule has 198 valence electrons. The molecule has 0 saturated carbocycles. The third-order valence-electron chi connectivity index (χ3n) is 6.41. The zero-order chi connectivity index (χ0) is 26.2. The van der Waals surface area contributed by atoms with Crippen LogP contribution in [0.4, 0.5) is 9.59 Å². The molecule has 1 unspecified atom stereocenters. The summed E-state index contributed by atoms with van der Waals surface area (Å²) in [5.41, 5.74) is 7.05. The Morgan fingerprint density at radius 3 is 2.74 bits per heavy atom. The average Bonchev–Trinajstić information content (AvgIpc) is 2.79. The molecule has 35 heavy (non-hydrogen) atoms. The van der Waals surface area contributed by atoms with Crippen LogP contribution in [0.25, 0.3) is 0 Å². The number of nitrogens with two attached hydrogens (primary N) is 1. The molecule has 1 aliphatic rings. The molecule has 1 fully saturated rings. The van der Waals surface area contributed by atoms with Gasteiger partial charge in [0, 0.05) is 50.8 Å². The van der Waals surface area contributed by atoms with Gasteiger partial charge in [-0.15, -0.1) is 0 Å². The van der Waals surface area contributed by atoms with Crippen LogP contribution in [0.15, 0.2) is 24.3 Å². The van der Waals surface area contributed by atoms with Crippen molar-refractivity contribution in [1.29, 1.82) is 0 Å². The Morgan fingerprint density at radius 1 is 1.40 bits per heavy atom. The molecule has 0 spiro atoms. The highest BCUT2D eigenvalue weighted by atomic mass is 35.5. The summed E-state index contributed by atoms with van der Waals surface area (Å²) < 4.78 is 11.5. The number of rotatable bonds is 11. The summed E-state index contributed by atoms with van der Waals surface area (Å²) in [5.74, 6) is -0.0214. The minimum atomic E-state index is -1.07. The Labute approximate surface area is 213 Å². The van der Waals surface area contributed by atoms with Crippen molar-refractivity contribution in [2.75, 3.05) is 40.4 Å². The molecule has 1 aliphatic heterocycles. The van der Waals surface area contributed by atoms with Crippen molar-refractivity contribution in [2.45, 2.75) is 58.4 Å². The lowest BCUT2D eigenvalue weighted by Gasteiger charge is -2.39. The van der Waals surface area contributed by atoms with Gasteiger partial charge in [-0.05, 0) is 49.3 Å². The number of hydrogen-bond donors (Lipinski definition) is 3. The van der Waals surface area contributed by atoms with Crippen LogP contribution in [0.3, 0.4) is 0 Å². The van der Waals surface area contributed by atoms with Crippen LogP contribution in [0.2, 0.25) is 5.02 Å². The molecule has 0 radical (unpaired) electrons. The molecule has 4 N–H and O–H groups in total. The Hall–Kier alpha value is -2.07. The van der Waals surface area contributed by atoms with E-state index in [0.717, 1.165) is 29.7 Å². The zero-order valence-corrected chi connectivity index (χ0v) is 22.3. The van der Waals surface area contributed by atoms with Gasteiger partial charge in [-0.3, -0.25) is 4.90 Å². The van der Waals surface area contributed by atoms with E-state index < -0.39 is 18.4 Å².